The van der Waals surface area contributed by atoms with Gasteiger partial charge in [-0.15, -0.1) is 0 Å². The predicted octanol–water partition coefficient (Wildman–Crippen LogP) is 3.63. The lowest BCUT2D eigenvalue weighted by Gasteiger charge is -2.12. The van der Waals surface area contributed by atoms with Crippen LogP contribution in [-0.2, 0) is 0 Å². The number of hydrogen-bond acceptors (Lipinski definition) is 4. The van der Waals surface area contributed by atoms with Crippen LogP contribution in [0.3, 0.4) is 0 Å². The van der Waals surface area contributed by atoms with Crippen LogP contribution in [0.2, 0.25) is 0 Å². The Morgan fingerprint density at radius 2 is 1.90 bits per heavy atom. The number of hydrogen-bond donors (Lipinski definition) is 1. The molecule has 20 heavy (non-hydrogen) atoms. The number of nitrogens with zero attached hydrogens (tertiary/aromatic N) is 2. The average Bonchev–Trinajstić information content (AvgIpc) is 2.46. The van der Waals surface area contributed by atoms with E-state index in [9.17, 15) is 0 Å². The molecule has 106 valence electrons. The molecular weight excluding hydrogens is 250 g/mol. The predicted molar refractivity (Wildman–Crippen MR) is 82.4 cm³/mol. The summed E-state index contributed by atoms with van der Waals surface area (Å²) in [4.78, 5) is 9.20. The van der Waals surface area contributed by atoms with E-state index in [4.69, 9.17) is 4.74 Å². The second-order valence-electron chi connectivity index (χ2n) is 5.11. The van der Waals surface area contributed by atoms with Crippen LogP contribution in [0.1, 0.15) is 31.0 Å². The number of rotatable bonds is 4. The highest BCUT2D eigenvalue weighted by molar-refractivity contribution is 5.66. The Labute approximate surface area is 120 Å². The van der Waals surface area contributed by atoms with Crippen molar-refractivity contribution in [3.63, 3.8) is 0 Å². The molecule has 2 rings (SSSR count). The summed E-state index contributed by atoms with van der Waals surface area (Å²) in [5.41, 5.74) is 3.08. The van der Waals surface area contributed by atoms with Crippen molar-refractivity contribution in [2.24, 2.45) is 0 Å². The zero-order valence-electron chi connectivity index (χ0n) is 12.7. The number of aromatic nitrogens is 2. The summed E-state index contributed by atoms with van der Waals surface area (Å²) in [6, 6.07) is 8.03. The van der Waals surface area contributed by atoms with E-state index in [1.165, 1.54) is 0 Å². The molecule has 1 heterocycles. The van der Waals surface area contributed by atoms with Crippen LogP contribution in [0.4, 0.5) is 5.82 Å². The molecule has 1 aromatic heterocycles. The van der Waals surface area contributed by atoms with Crippen molar-refractivity contribution in [2.45, 2.75) is 26.7 Å². The van der Waals surface area contributed by atoms with E-state index in [1.54, 1.807) is 7.11 Å². The summed E-state index contributed by atoms with van der Waals surface area (Å²) < 4.78 is 5.45. The van der Waals surface area contributed by atoms with E-state index in [2.05, 4.69) is 29.1 Å². The van der Waals surface area contributed by atoms with Crippen LogP contribution >= 0.6 is 0 Å². The molecule has 1 N–H and O–H groups in total. The van der Waals surface area contributed by atoms with E-state index < -0.39 is 0 Å². The Morgan fingerprint density at radius 1 is 1.15 bits per heavy atom. The smallest absolute Gasteiger partial charge is 0.165 e. The van der Waals surface area contributed by atoms with Gasteiger partial charge in [-0.25, -0.2) is 9.97 Å². The van der Waals surface area contributed by atoms with E-state index in [0.29, 0.717) is 11.7 Å². The first-order valence-electron chi connectivity index (χ1n) is 6.77. The molecule has 0 spiro atoms. The molecule has 0 aliphatic rings. The first-order chi connectivity index (χ1) is 9.55. The van der Waals surface area contributed by atoms with Gasteiger partial charge in [-0.3, -0.25) is 0 Å². The molecule has 0 aliphatic carbocycles. The van der Waals surface area contributed by atoms with Crippen molar-refractivity contribution in [3.05, 3.63) is 35.5 Å². The van der Waals surface area contributed by atoms with Crippen molar-refractivity contribution < 1.29 is 4.74 Å². The fourth-order valence-corrected chi connectivity index (χ4v) is 1.99. The highest BCUT2D eigenvalue weighted by Gasteiger charge is 2.13. The molecule has 0 unspecified atom stereocenters. The van der Waals surface area contributed by atoms with Crippen LogP contribution in [-0.4, -0.2) is 24.1 Å². The summed E-state index contributed by atoms with van der Waals surface area (Å²) in [6.07, 6.45) is 0. The lowest BCUT2D eigenvalue weighted by molar-refractivity contribution is 0.416. The zero-order valence-corrected chi connectivity index (χ0v) is 12.7. The lowest BCUT2D eigenvalue weighted by atomic mass is 10.1. The Hall–Kier alpha value is -2.10. The number of nitrogens with one attached hydrogen (secondary N) is 1. The van der Waals surface area contributed by atoms with E-state index in [0.717, 1.165) is 28.4 Å². The van der Waals surface area contributed by atoms with Crippen LogP contribution in [0.15, 0.2) is 24.3 Å². The zero-order chi connectivity index (χ0) is 14.7. The van der Waals surface area contributed by atoms with Gasteiger partial charge in [-0.2, -0.15) is 0 Å². The maximum atomic E-state index is 5.45. The maximum absolute atomic E-state index is 5.45. The van der Waals surface area contributed by atoms with Gasteiger partial charge in [0.05, 0.1) is 12.7 Å². The second-order valence-corrected chi connectivity index (χ2v) is 5.11. The van der Waals surface area contributed by atoms with Gasteiger partial charge in [-0.05, 0) is 30.5 Å². The normalized spacial score (nSPS) is 10.7. The van der Waals surface area contributed by atoms with Crippen molar-refractivity contribution in [1.82, 2.24) is 9.97 Å². The number of methoxy groups -OCH3 is 1. The van der Waals surface area contributed by atoms with E-state index >= 15 is 0 Å². The summed E-state index contributed by atoms with van der Waals surface area (Å²) in [7, 11) is 3.53. The molecule has 4 nitrogen and oxygen atoms in total. The minimum Gasteiger partial charge on any atom is -0.496 e. The lowest BCUT2D eigenvalue weighted by Crippen LogP contribution is -2.03. The third-order valence-corrected chi connectivity index (χ3v) is 3.19. The Morgan fingerprint density at radius 3 is 2.50 bits per heavy atom. The highest BCUT2D eigenvalue weighted by atomic mass is 16.5. The van der Waals surface area contributed by atoms with Gasteiger partial charge in [0.25, 0.3) is 0 Å². The molecule has 0 radical (unpaired) electrons. The monoisotopic (exact) mass is 271 g/mol. The molecule has 0 bridgehead atoms. The van der Waals surface area contributed by atoms with Gasteiger partial charge >= 0.3 is 0 Å². The fourth-order valence-electron chi connectivity index (χ4n) is 1.99. The SMILES string of the molecule is CNc1cc(C(C)C)nc(-c2ccc(C)cc2OC)n1. The van der Waals surface area contributed by atoms with Gasteiger partial charge in [0, 0.05) is 18.8 Å². The van der Waals surface area contributed by atoms with Crippen molar-refractivity contribution in [2.75, 3.05) is 19.5 Å². The van der Waals surface area contributed by atoms with Gasteiger partial charge in [0.15, 0.2) is 5.82 Å². The van der Waals surface area contributed by atoms with E-state index in [1.807, 2.05) is 38.2 Å². The van der Waals surface area contributed by atoms with Crippen molar-refractivity contribution in [1.29, 1.82) is 0 Å². The molecular formula is C16H21N3O. The van der Waals surface area contributed by atoms with Gasteiger partial charge in [0.2, 0.25) is 0 Å². The number of aryl methyl sites for hydroxylation is 1. The highest BCUT2D eigenvalue weighted by Crippen LogP contribution is 2.30. The largest absolute Gasteiger partial charge is 0.496 e. The van der Waals surface area contributed by atoms with Crippen molar-refractivity contribution >= 4 is 5.82 Å². The summed E-state index contributed by atoms with van der Waals surface area (Å²) in [5, 5.41) is 3.09. The molecule has 0 saturated heterocycles. The minimum atomic E-state index is 0.347. The fraction of sp³-hybridized carbons (Fsp3) is 0.375. The van der Waals surface area contributed by atoms with E-state index in [-0.39, 0.29) is 0 Å². The maximum Gasteiger partial charge on any atom is 0.165 e. The van der Waals surface area contributed by atoms with Gasteiger partial charge in [0.1, 0.15) is 11.6 Å². The third kappa shape index (κ3) is 2.90. The molecule has 2 aromatic rings. The number of ether oxygens (including phenoxy) is 1. The summed E-state index contributed by atoms with van der Waals surface area (Å²) in [5.74, 6) is 2.66. The molecule has 4 heteroatoms. The molecule has 0 amide bonds. The van der Waals surface area contributed by atoms with Crippen LogP contribution < -0.4 is 10.1 Å². The molecule has 0 fully saturated rings. The Balaban J connectivity index is 2.59. The standard InChI is InChI=1S/C16H21N3O/c1-10(2)13-9-15(17-4)19-16(18-13)12-7-6-11(3)8-14(12)20-5/h6-10H,1-5H3,(H,17,18,19). The Kier molecular flexibility index (Phi) is 4.23. The second kappa shape index (κ2) is 5.90. The number of benzene rings is 1. The molecule has 1 aromatic carbocycles. The average molecular weight is 271 g/mol. The summed E-state index contributed by atoms with van der Waals surface area (Å²) >= 11 is 0. The first kappa shape index (κ1) is 14.3. The van der Waals surface area contributed by atoms with Crippen LogP contribution in [0.25, 0.3) is 11.4 Å². The number of anilines is 1. The topological polar surface area (TPSA) is 47.0 Å². The van der Waals surface area contributed by atoms with Crippen LogP contribution in [0.5, 0.6) is 5.75 Å². The minimum absolute atomic E-state index is 0.347. The van der Waals surface area contributed by atoms with Crippen molar-refractivity contribution in [3.8, 4) is 17.1 Å². The molecule has 0 aliphatic heterocycles. The van der Waals surface area contributed by atoms with Gasteiger partial charge < -0.3 is 10.1 Å². The third-order valence-electron chi connectivity index (χ3n) is 3.19. The quantitative estimate of drug-likeness (QED) is 0.922. The van der Waals surface area contributed by atoms with Gasteiger partial charge in [-0.1, -0.05) is 19.9 Å². The molecule has 0 atom stereocenters. The van der Waals surface area contributed by atoms with Crippen LogP contribution in [0, 0.1) is 6.92 Å². The first-order valence-corrected chi connectivity index (χ1v) is 6.77. The Bertz CT molecular complexity index is 609. The summed E-state index contributed by atoms with van der Waals surface area (Å²) in [6.45, 7) is 6.28. The molecule has 0 saturated carbocycles.